The maximum Gasteiger partial charge on any atom is 0.163 e. The summed E-state index contributed by atoms with van der Waals surface area (Å²) in [5, 5.41) is 9.86. The number of nitrogens with two attached hydrogens (primary N) is 1. The first-order chi connectivity index (χ1) is 12.2. The van der Waals surface area contributed by atoms with Crippen LogP contribution in [0.4, 0.5) is 11.5 Å². The van der Waals surface area contributed by atoms with Gasteiger partial charge in [0.25, 0.3) is 0 Å². The molecule has 0 spiro atoms. The Hall–Kier alpha value is -2.99. The lowest BCUT2D eigenvalue weighted by atomic mass is 10.1. The zero-order chi connectivity index (χ0) is 17.2. The number of β-amino-alcohol motifs (C(OH)–C–C–N with tert-alkyl or cyclic N) is 1. The molecule has 126 valence electrons. The van der Waals surface area contributed by atoms with Crippen LogP contribution in [0.25, 0.3) is 22.6 Å². The molecule has 0 saturated carbocycles. The molecule has 0 radical (unpaired) electrons. The molecule has 1 saturated heterocycles. The summed E-state index contributed by atoms with van der Waals surface area (Å²) in [7, 11) is 0. The number of nitrogens with zero attached hydrogens (tertiary/aromatic N) is 4. The molecule has 0 amide bonds. The van der Waals surface area contributed by atoms with Crippen LogP contribution >= 0.6 is 0 Å². The van der Waals surface area contributed by atoms with Crippen LogP contribution in [0.15, 0.2) is 54.9 Å². The molecule has 3 N–H and O–H groups in total. The number of pyridine rings is 1. The summed E-state index contributed by atoms with van der Waals surface area (Å²) < 4.78 is 0. The van der Waals surface area contributed by atoms with Crippen molar-refractivity contribution in [2.45, 2.75) is 12.5 Å². The van der Waals surface area contributed by atoms with E-state index in [1.165, 1.54) is 0 Å². The minimum absolute atomic E-state index is 0.309. The van der Waals surface area contributed by atoms with E-state index in [2.05, 4.69) is 9.88 Å². The largest absolute Gasteiger partial charge is 0.399 e. The van der Waals surface area contributed by atoms with Gasteiger partial charge in [-0.1, -0.05) is 12.1 Å². The van der Waals surface area contributed by atoms with E-state index in [-0.39, 0.29) is 6.10 Å². The minimum Gasteiger partial charge on any atom is -0.399 e. The first-order valence-electron chi connectivity index (χ1n) is 8.27. The fraction of sp³-hybridized carbons (Fsp3) is 0.211. The number of rotatable bonds is 3. The minimum atomic E-state index is -0.309. The van der Waals surface area contributed by atoms with Crippen molar-refractivity contribution in [1.82, 2.24) is 15.0 Å². The van der Waals surface area contributed by atoms with Crippen LogP contribution in [-0.4, -0.2) is 39.3 Å². The number of hydrogen-bond donors (Lipinski definition) is 2. The number of benzene rings is 1. The van der Waals surface area contributed by atoms with E-state index < -0.39 is 0 Å². The Morgan fingerprint density at radius 3 is 2.60 bits per heavy atom. The molecule has 6 nitrogen and oxygen atoms in total. The second-order valence-corrected chi connectivity index (χ2v) is 6.19. The molecule has 3 aromatic rings. The normalized spacial score (nSPS) is 17.0. The molecule has 4 rings (SSSR count). The molecule has 1 aliphatic heterocycles. The molecule has 3 heterocycles. The highest BCUT2D eigenvalue weighted by atomic mass is 16.3. The van der Waals surface area contributed by atoms with Crippen molar-refractivity contribution in [3.05, 3.63) is 54.9 Å². The fourth-order valence-corrected chi connectivity index (χ4v) is 2.97. The summed E-state index contributed by atoms with van der Waals surface area (Å²) in [6.07, 6.45) is 3.93. The quantitative estimate of drug-likeness (QED) is 0.715. The van der Waals surface area contributed by atoms with Crippen LogP contribution in [0.5, 0.6) is 0 Å². The summed E-state index contributed by atoms with van der Waals surface area (Å²) in [5.41, 5.74) is 9.17. The van der Waals surface area contributed by atoms with Gasteiger partial charge < -0.3 is 15.7 Å². The molecule has 2 aromatic heterocycles. The molecule has 0 bridgehead atoms. The highest BCUT2D eigenvalue weighted by Gasteiger charge is 2.22. The zero-order valence-corrected chi connectivity index (χ0v) is 13.7. The summed E-state index contributed by atoms with van der Waals surface area (Å²) in [5.74, 6) is 1.44. The number of anilines is 2. The maximum absolute atomic E-state index is 9.86. The van der Waals surface area contributed by atoms with Gasteiger partial charge in [0.1, 0.15) is 5.82 Å². The third-order valence-corrected chi connectivity index (χ3v) is 4.33. The molecule has 6 heteroatoms. The number of hydrogen-bond acceptors (Lipinski definition) is 6. The Morgan fingerprint density at radius 2 is 1.92 bits per heavy atom. The number of nitrogen functional groups attached to an aromatic ring is 1. The van der Waals surface area contributed by atoms with E-state index in [1.54, 1.807) is 12.4 Å². The molecule has 1 aromatic carbocycles. The number of aliphatic hydroxyl groups is 1. The van der Waals surface area contributed by atoms with Gasteiger partial charge in [-0.05, 0) is 30.7 Å². The summed E-state index contributed by atoms with van der Waals surface area (Å²) >= 11 is 0. The van der Waals surface area contributed by atoms with Crippen molar-refractivity contribution in [3.63, 3.8) is 0 Å². The molecule has 1 fully saturated rings. The van der Waals surface area contributed by atoms with Crippen LogP contribution in [0, 0.1) is 0 Å². The molecule has 0 aliphatic carbocycles. The second-order valence-electron chi connectivity index (χ2n) is 6.19. The molecule has 1 unspecified atom stereocenters. The van der Waals surface area contributed by atoms with E-state index in [1.807, 2.05) is 42.5 Å². The smallest absolute Gasteiger partial charge is 0.163 e. The summed E-state index contributed by atoms with van der Waals surface area (Å²) in [6, 6.07) is 13.4. The fourth-order valence-electron chi connectivity index (χ4n) is 2.97. The Bertz CT molecular complexity index is 867. The van der Waals surface area contributed by atoms with Gasteiger partial charge in [-0.15, -0.1) is 0 Å². The Morgan fingerprint density at radius 1 is 1.08 bits per heavy atom. The van der Waals surface area contributed by atoms with Gasteiger partial charge in [-0.2, -0.15) is 0 Å². The van der Waals surface area contributed by atoms with Crippen molar-refractivity contribution >= 4 is 11.5 Å². The van der Waals surface area contributed by atoms with Crippen molar-refractivity contribution in [2.75, 3.05) is 23.7 Å². The number of aliphatic hydroxyl groups excluding tert-OH is 1. The standard InChI is InChI=1S/C19H19N5O/c20-15-5-3-13(4-6-15)17-10-18(24-9-7-16(25)12-24)23-19(22-17)14-2-1-8-21-11-14/h1-6,8,10-11,16,25H,7,9,12,20H2. The topological polar surface area (TPSA) is 88.2 Å². The Labute approximate surface area is 146 Å². The van der Waals surface area contributed by atoms with Gasteiger partial charge in [-0.25, -0.2) is 9.97 Å². The first-order valence-corrected chi connectivity index (χ1v) is 8.27. The van der Waals surface area contributed by atoms with Crippen LogP contribution in [-0.2, 0) is 0 Å². The Kier molecular flexibility index (Phi) is 4.03. The van der Waals surface area contributed by atoms with Gasteiger partial charge in [0.15, 0.2) is 5.82 Å². The molecule has 1 atom stereocenters. The van der Waals surface area contributed by atoms with Gasteiger partial charge in [0, 0.05) is 48.4 Å². The van der Waals surface area contributed by atoms with Gasteiger partial charge in [0.05, 0.1) is 11.8 Å². The molecule has 1 aliphatic rings. The summed E-state index contributed by atoms with van der Waals surface area (Å²) in [6.45, 7) is 1.37. The predicted octanol–water partition coefficient (Wildman–Crippen LogP) is 2.36. The van der Waals surface area contributed by atoms with E-state index in [0.29, 0.717) is 18.1 Å². The molecular formula is C19H19N5O. The highest BCUT2D eigenvalue weighted by Crippen LogP contribution is 2.28. The van der Waals surface area contributed by atoms with Crippen LogP contribution in [0.3, 0.4) is 0 Å². The maximum atomic E-state index is 9.86. The summed E-state index contributed by atoms with van der Waals surface area (Å²) in [4.78, 5) is 15.7. The van der Waals surface area contributed by atoms with Gasteiger partial charge in [0.2, 0.25) is 0 Å². The van der Waals surface area contributed by atoms with E-state index >= 15 is 0 Å². The van der Waals surface area contributed by atoms with Crippen molar-refractivity contribution in [2.24, 2.45) is 0 Å². The predicted molar refractivity (Wildman–Crippen MR) is 97.9 cm³/mol. The van der Waals surface area contributed by atoms with Crippen molar-refractivity contribution in [1.29, 1.82) is 0 Å². The monoisotopic (exact) mass is 333 g/mol. The lowest BCUT2D eigenvalue weighted by Crippen LogP contribution is -2.22. The van der Waals surface area contributed by atoms with E-state index in [0.717, 1.165) is 35.6 Å². The van der Waals surface area contributed by atoms with Crippen LogP contribution < -0.4 is 10.6 Å². The second kappa shape index (κ2) is 6.49. The van der Waals surface area contributed by atoms with Crippen molar-refractivity contribution < 1.29 is 5.11 Å². The SMILES string of the molecule is Nc1ccc(-c2cc(N3CCC(O)C3)nc(-c3cccnc3)n2)cc1. The van der Waals surface area contributed by atoms with E-state index in [4.69, 9.17) is 15.7 Å². The van der Waals surface area contributed by atoms with Gasteiger partial charge in [-0.3, -0.25) is 4.98 Å². The average molecular weight is 333 g/mol. The van der Waals surface area contributed by atoms with E-state index in [9.17, 15) is 5.11 Å². The van der Waals surface area contributed by atoms with Crippen LogP contribution in [0.1, 0.15) is 6.42 Å². The Balaban J connectivity index is 1.81. The van der Waals surface area contributed by atoms with Crippen LogP contribution in [0.2, 0.25) is 0 Å². The average Bonchev–Trinajstić information content (AvgIpc) is 3.09. The lowest BCUT2D eigenvalue weighted by molar-refractivity contribution is 0.198. The zero-order valence-electron chi connectivity index (χ0n) is 13.7. The van der Waals surface area contributed by atoms with Gasteiger partial charge >= 0.3 is 0 Å². The molecular weight excluding hydrogens is 314 g/mol. The van der Waals surface area contributed by atoms with Crippen molar-refractivity contribution in [3.8, 4) is 22.6 Å². The number of aromatic nitrogens is 3. The third kappa shape index (κ3) is 3.29. The third-order valence-electron chi connectivity index (χ3n) is 4.33. The molecule has 25 heavy (non-hydrogen) atoms. The lowest BCUT2D eigenvalue weighted by Gasteiger charge is -2.18. The first kappa shape index (κ1) is 15.5. The highest BCUT2D eigenvalue weighted by molar-refractivity contribution is 5.69.